The van der Waals surface area contributed by atoms with Crippen molar-refractivity contribution in [2.45, 2.75) is 25.7 Å². The summed E-state index contributed by atoms with van der Waals surface area (Å²) in [5, 5.41) is 0. The van der Waals surface area contributed by atoms with Gasteiger partial charge in [-0.1, -0.05) is 24.3 Å². The number of allylic oxidation sites excluding steroid dienone is 4. The van der Waals surface area contributed by atoms with Crippen molar-refractivity contribution in [3.05, 3.63) is 24.3 Å². The van der Waals surface area contributed by atoms with E-state index in [9.17, 15) is 28.8 Å². The highest BCUT2D eigenvalue weighted by atomic mass is 16.2. The van der Waals surface area contributed by atoms with Crippen molar-refractivity contribution in [2.75, 3.05) is 39.3 Å². The standard InChI is InChI=1S/C28H32N4O6/c33-19(5-7-31-25(35)21-15-1-2-16(13-15)22(21)26(31)36)29-9-11-30(12-10-29)20(34)6-8-32-27(37)23-17-3-4-18(14-17)24(23)28(32)38/h1-4,15-18,21-24H,5-14H2/t15-,16-,17-,18-,21-,22+,23-,24+/m0/s1. The Morgan fingerprint density at radius 3 is 1.13 bits per heavy atom. The molecule has 3 saturated heterocycles. The van der Waals surface area contributed by atoms with Gasteiger partial charge < -0.3 is 9.80 Å². The molecule has 0 aromatic rings. The van der Waals surface area contributed by atoms with E-state index in [4.69, 9.17) is 0 Å². The van der Waals surface area contributed by atoms with Crippen molar-refractivity contribution in [1.82, 2.24) is 19.6 Å². The number of nitrogens with zero attached hydrogens (tertiary/aromatic N) is 4. The van der Waals surface area contributed by atoms with Crippen LogP contribution in [0.5, 0.6) is 0 Å². The minimum absolute atomic E-state index is 0.0893. The fraction of sp³-hybridized carbons (Fsp3) is 0.643. The first kappa shape index (κ1) is 23.8. The zero-order valence-electron chi connectivity index (χ0n) is 21.2. The molecule has 4 bridgehead atoms. The van der Waals surface area contributed by atoms with Gasteiger partial charge in [-0.3, -0.25) is 38.6 Å². The maximum atomic E-state index is 12.8. The van der Waals surface area contributed by atoms with Crippen LogP contribution in [-0.2, 0) is 28.8 Å². The van der Waals surface area contributed by atoms with Crippen molar-refractivity contribution in [2.24, 2.45) is 47.3 Å². The number of hydrogen-bond donors (Lipinski definition) is 0. The van der Waals surface area contributed by atoms with Gasteiger partial charge in [0, 0.05) is 52.1 Å². The number of imide groups is 2. The Kier molecular flexibility index (Phi) is 5.39. The van der Waals surface area contributed by atoms with Crippen molar-refractivity contribution in [3.8, 4) is 0 Å². The van der Waals surface area contributed by atoms with E-state index in [1.165, 1.54) is 9.80 Å². The average Bonchev–Trinajstić information content (AvgIpc) is 3.76. The third kappa shape index (κ3) is 3.37. The van der Waals surface area contributed by atoms with Gasteiger partial charge in [0.2, 0.25) is 35.4 Å². The summed E-state index contributed by atoms with van der Waals surface area (Å²) in [6.45, 7) is 1.75. The first-order valence-electron chi connectivity index (χ1n) is 14.0. The summed E-state index contributed by atoms with van der Waals surface area (Å²) in [7, 11) is 0. The largest absolute Gasteiger partial charge is 0.339 e. The smallest absolute Gasteiger partial charge is 0.233 e. The normalized spacial score (nSPS) is 38.3. The van der Waals surface area contributed by atoms with E-state index in [2.05, 4.69) is 24.3 Å². The highest BCUT2D eigenvalue weighted by Crippen LogP contribution is 2.53. The Balaban J connectivity index is 0.866. The molecule has 2 saturated carbocycles. The number of carbonyl (C=O) groups excluding carboxylic acids is 6. The van der Waals surface area contributed by atoms with Gasteiger partial charge in [-0.2, -0.15) is 0 Å². The fourth-order valence-electron chi connectivity index (χ4n) is 8.31. The van der Waals surface area contributed by atoms with Crippen LogP contribution in [0.15, 0.2) is 24.3 Å². The summed E-state index contributed by atoms with van der Waals surface area (Å²) in [4.78, 5) is 82.9. The van der Waals surface area contributed by atoms with Crippen molar-refractivity contribution >= 4 is 35.4 Å². The molecule has 6 amide bonds. The van der Waals surface area contributed by atoms with Gasteiger partial charge in [-0.05, 0) is 36.5 Å². The predicted molar refractivity (Wildman–Crippen MR) is 131 cm³/mol. The quantitative estimate of drug-likeness (QED) is 0.361. The molecule has 200 valence electrons. The Bertz CT molecular complexity index is 1050. The van der Waals surface area contributed by atoms with Crippen LogP contribution in [0.1, 0.15) is 25.7 Å². The van der Waals surface area contributed by atoms with Crippen LogP contribution >= 0.6 is 0 Å². The molecule has 8 atom stereocenters. The zero-order chi connectivity index (χ0) is 26.3. The molecule has 38 heavy (non-hydrogen) atoms. The monoisotopic (exact) mass is 520 g/mol. The van der Waals surface area contributed by atoms with Gasteiger partial charge in [-0.15, -0.1) is 0 Å². The summed E-state index contributed by atoms with van der Waals surface area (Å²) < 4.78 is 0. The second-order valence-corrected chi connectivity index (χ2v) is 11.9. The third-order valence-corrected chi connectivity index (χ3v) is 10.2. The van der Waals surface area contributed by atoms with Gasteiger partial charge in [-0.25, -0.2) is 0 Å². The second kappa shape index (κ2) is 8.61. The average molecular weight is 521 g/mol. The van der Waals surface area contributed by atoms with E-state index in [0.29, 0.717) is 26.2 Å². The lowest BCUT2D eigenvalue weighted by Crippen LogP contribution is -2.51. The summed E-state index contributed by atoms with van der Waals surface area (Å²) in [5.41, 5.74) is 0. The molecule has 3 aliphatic heterocycles. The molecule has 0 N–H and O–H groups in total. The molecule has 0 spiro atoms. The molecular formula is C28H32N4O6. The highest BCUT2D eigenvalue weighted by Gasteiger charge is 2.60. The maximum Gasteiger partial charge on any atom is 0.233 e. The minimum atomic E-state index is -0.250. The van der Waals surface area contributed by atoms with E-state index in [1.54, 1.807) is 9.80 Å². The molecule has 5 fully saturated rings. The van der Waals surface area contributed by atoms with E-state index < -0.39 is 0 Å². The minimum Gasteiger partial charge on any atom is -0.339 e. The molecular weight excluding hydrogens is 488 g/mol. The molecule has 3 heterocycles. The summed E-state index contributed by atoms with van der Waals surface area (Å²) in [5.74, 6) is -1.18. The predicted octanol–water partition coefficient (Wildman–Crippen LogP) is 0.0516. The number of rotatable bonds is 6. The van der Waals surface area contributed by atoms with Gasteiger partial charge in [0.05, 0.1) is 23.7 Å². The lowest BCUT2D eigenvalue weighted by molar-refractivity contribution is -0.145. The number of piperazine rings is 1. The third-order valence-electron chi connectivity index (χ3n) is 10.2. The number of hydrogen-bond acceptors (Lipinski definition) is 6. The first-order chi connectivity index (χ1) is 18.3. The Morgan fingerprint density at radius 2 is 0.842 bits per heavy atom. The summed E-state index contributed by atoms with van der Waals surface area (Å²) in [6.07, 6.45) is 10.2. The number of likely N-dealkylation sites (tertiary alicyclic amines) is 2. The van der Waals surface area contributed by atoms with Crippen molar-refractivity contribution < 1.29 is 28.8 Å². The van der Waals surface area contributed by atoms with Crippen molar-refractivity contribution in [3.63, 3.8) is 0 Å². The Labute approximate surface area is 220 Å². The van der Waals surface area contributed by atoms with Crippen LogP contribution in [0, 0.1) is 47.3 Å². The molecule has 0 aromatic heterocycles. The van der Waals surface area contributed by atoms with E-state index in [-0.39, 0.29) is 109 Å². The molecule has 7 rings (SSSR count). The maximum absolute atomic E-state index is 12.8. The summed E-state index contributed by atoms with van der Waals surface area (Å²) >= 11 is 0. The number of fused-ring (bicyclic) bond motifs is 10. The molecule has 7 aliphatic rings. The highest BCUT2D eigenvalue weighted by molar-refractivity contribution is 6.07. The first-order valence-corrected chi connectivity index (χ1v) is 14.0. The van der Waals surface area contributed by atoms with Crippen molar-refractivity contribution in [1.29, 1.82) is 0 Å². The fourth-order valence-corrected chi connectivity index (χ4v) is 8.31. The molecule has 10 heteroatoms. The van der Waals surface area contributed by atoms with E-state index in [1.807, 2.05) is 0 Å². The Morgan fingerprint density at radius 1 is 0.553 bits per heavy atom. The topological polar surface area (TPSA) is 115 Å². The van der Waals surface area contributed by atoms with Gasteiger partial charge in [0.25, 0.3) is 0 Å². The van der Waals surface area contributed by atoms with E-state index in [0.717, 1.165) is 12.8 Å². The Hall–Kier alpha value is -3.30. The van der Waals surface area contributed by atoms with Gasteiger partial charge in [0.15, 0.2) is 0 Å². The van der Waals surface area contributed by atoms with Crippen LogP contribution in [0.3, 0.4) is 0 Å². The van der Waals surface area contributed by atoms with Gasteiger partial charge in [0.1, 0.15) is 0 Å². The number of carbonyl (C=O) groups is 6. The van der Waals surface area contributed by atoms with Crippen LogP contribution in [-0.4, -0.2) is 94.3 Å². The molecule has 4 aliphatic carbocycles. The zero-order valence-corrected chi connectivity index (χ0v) is 21.2. The van der Waals surface area contributed by atoms with Crippen LogP contribution in [0.25, 0.3) is 0 Å². The lowest BCUT2D eigenvalue weighted by Gasteiger charge is -2.35. The molecule has 10 nitrogen and oxygen atoms in total. The van der Waals surface area contributed by atoms with Crippen LogP contribution in [0.2, 0.25) is 0 Å². The molecule has 0 radical (unpaired) electrons. The number of amides is 6. The van der Waals surface area contributed by atoms with Crippen LogP contribution < -0.4 is 0 Å². The second-order valence-electron chi connectivity index (χ2n) is 11.9. The molecule has 0 unspecified atom stereocenters. The molecule has 0 aromatic carbocycles. The van der Waals surface area contributed by atoms with Gasteiger partial charge >= 0.3 is 0 Å². The summed E-state index contributed by atoms with van der Waals surface area (Å²) in [6, 6.07) is 0. The lowest BCUT2D eigenvalue weighted by atomic mass is 9.85. The van der Waals surface area contributed by atoms with Crippen LogP contribution in [0.4, 0.5) is 0 Å². The SMILES string of the molecule is O=C(CCN1C(=O)[C@@H]2[C@H](C1=O)[C@H]1C=C[C@H]2C1)N1CCN(C(=O)CCN2C(=O)[C@@H]3[C@H](C2=O)[C@H]2C=C[C@H]3C2)CC1. The van der Waals surface area contributed by atoms with E-state index >= 15 is 0 Å².